The van der Waals surface area contributed by atoms with E-state index in [2.05, 4.69) is 38.1 Å². The molecule has 1 heterocycles. The average Bonchev–Trinajstić information content (AvgIpc) is 2.68. The Hall–Kier alpha value is -1.96. The fourth-order valence-corrected chi connectivity index (χ4v) is 2.60. The smallest absolute Gasteiger partial charge is 0.123 e. The van der Waals surface area contributed by atoms with Crippen LogP contribution in [0.4, 0.5) is 5.69 Å². The van der Waals surface area contributed by atoms with Gasteiger partial charge in [0.15, 0.2) is 0 Å². The maximum absolute atomic E-state index is 5.79. The van der Waals surface area contributed by atoms with Crippen LogP contribution < -0.4 is 10.5 Å². The van der Waals surface area contributed by atoms with Crippen LogP contribution in [-0.2, 0) is 6.42 Å². The third-order valence-corrected chi connectivity index (χ3v) is 3.46. The van der Waals surface area contributed by atoms with E-state index in [1.807, 2.05) is 12.1 Å². The van der Waals surface area contributed by atoms with Crippen molar-refractivity contribution in [3.8, 4) is 16.9 Å². The predicted molar refractivity (Wildman–Crippen MR) is 74.8 cm³/mol. The number of ether oxygens (including phenoxy) is 1. The number of anilines is 1. The fourth-order valence-electron chi connectivity index (χ4n) is 2.60. The summed E-state index contributed by atoms with van der Waals surface area (Å²) in [6.07, 6.45) is 1.29. The van der Waals surface area contributed by atoms with Gasteiger partial charge in [-0.3, -0.25) is 0 Å². The average molecular weight is 239 g/mol. The molecule has 3 rings (SSSR count). The van der Waals surface area contributed by atoms with Crippen molar-refractivity contribution in [2.45, 2.75) is 26.4 Å². The monoisotopic (exact) mass is 239 g/mol. The Balaban J connectivity index is 2.05. The van der Waals surface area contributed by atoms with Gasteiger partial charge in [0, 0.05) is 12.1 Å². The van der Waals surface area contributed by atoms with Gasteiger partial charge in [-0.25, -0.2) is 0 Å². The van der Waals surface area contributed by atoms with E-state index in [9.17, 15) is 0 Å². The fraction of sp³-hybridized carbons (Fsp3) is 0.250. The first-order valence-corrected chi connectivity index (χ1v) is 6.29. The van der Waals surface area contributed by atoms with Crippen LogP contribution in [0.2, 0.25) is 0 Å². The lowest BCUT2D eigenvalue weighted by molar-refractivity contribution is 0.254. The summed E-state index contributed by atoms with van der Waals surface area (Å²) in [4.78, 5) is 0. The quantitative estimate of drug-likeness (QED) is 0.772. The van der Waals surface area contributed by atoms with E-state index in [4.69, 9.17) is 10.5 Å². The molecule has 0 saturated carbocycles. The van der Waals surface area contributed by atoms with E-state index in [0.717, 1.165) is 17.9 Å². The first-order valence-electron chi connectivity index (χ1n) is 6.29. The largest absolute Gasteiger partial charge is 0.490 e. The molecule has 0 amide bonds. The van der Waals surface area contributed by atoms with E-state index >= 15 is 0 Å². The van der Waals surface area contributed by atoms with E-state index in [0.29, 0.717) is 6.10 Å². The molecule has 1 atom stereocenters. The Morgan fingerprint density at radius 2 is 2.00 bits per heavy atom. The van der Waals surface area contributed by atoms with Gasteiger partial charge in [-0.15, -0.1) is 0 Å². The molecule has 0 aromatic heterocycles. The zero-order valence-corrected chi connectivity index (χ0v) is 10.7. The van der Waals surface area contributed by atoms with Crippen molar-refractivity contribution < 1.29 is 4.74 Å². The van der Waals surface area contributed by atoms with Crippen molar-refractivity contribution in [1.82, 2.24) is 0 Å². The Morgan fingerprint density at radius 1 is 1.17 bits per heavy atom. The zero-order valence-electron chi connectivity index (χ0n) is 10.7. The maximum atomic E-state index is 5.79. The Bertz CT molecular complexity index is 604. The summed E-state index contributed by atoms with van der Waals surface area (Å²) in [6, 6.07) is 12.5. The number of hydrogen-bond acceptors (Lipinski definition) is 2. The molecule has 0 spiro atoms. The van der Waals surface area contributed by atoms with Crippen molar-refractivity contribution >= 4 is 5.69 Å². The molecule has 2 nitrogen and oxygen atoms in total. The molecule has 92 valence electrons. The van der Waals surface area contributed by atoms with E-state index in [1.54, 1.807) is 0 Å². The van der Waals surface area contributed by atoms with Gasteiger partial charge in [0.1, 0.15) is 11.9 Å². The molecule has 0 bridgehead atoms. The lowest BCUT2D eigenvalue weighted by atomic mass is 9.97. The number of benzene rings is 2. The van der Waals surface area contributed by atoms with Crippen LogP contribution in [0.5, 0.6) is 5.75 Å². The molecule has 1 aliphatic heterocycles. The van der Waals surface area contributed by atoms with Crippen LogP contribution in [0, 0.1) is 6.92 Å². The van der Waals surface area contributed by atoms with Gasteiger partial charge in [0.25, 0.3) is 0 Å². The second-order valence-electron chi connectivity index (χ2n) is 5.03. The highest BCUT2D eigenvalue weighted by Gasteiger charge is 2.19. The second-order valence-corrected chi connectivity index (χ2v) is 5.03. The van der Waals surface area contributed by atoms with Crippen molar-refractivity contribution in [3.63, 3.8) is 0 Å². The molecule has 1 aliphatic rings. The normalized spacial score (nSPS) is 17.3. The summed E-state index contributed by atoms with van der Waals surface area (Å²) in [5.41, 5.74) is 11.6. The molecule has 2 aromatic carbocycles. The van der Waals surface area contributed by atoms with Gasteiger partial charge in [-0.2, -0.15) is 0 Å². The Labute approximate surface area is 107 Å². The highest BCUT2D eigenvalue weighted by atomic mass is 16.5. The Kier molecular flexibility index (Phi) is 2.51. The lowest BCUT2D eigenvalue weighted by Crippen LogP contribution is -2.05. The molecule has 2 heteroatoms. The molecule has 0 saturated heterocycles. The van der Waals surface area contributed by atoms with Crippen molar-refractivity contribution in [2.75, 3.05) is 5.73 Å². The zero-order chi connectivity index (χ0) is 12.7. The van der Waals surface area contributed by atoms with E-state index in [1.165, 1.54) is 22.3 Å². The van der Waals surface area contributed by atoms with Gasteiger partial charge in [-0.1, -0.05) is 12.1 Å². The molecular weight excluding hydrogens is 222 g/mol. The van der Waals surface area contributed by atoms with Crippen LogP contribution in [0.25, 0.3) is 11.1 Å². The number of fused-ring (bicyclic) bond motifs is 1. The SMILES string of the molecule is Cc1cc(N)ccc1-c1ccc2c(c1)CC(C)O2. The molecule has 2 aromatic rings. The topological polar surface area (TPSA) is 35.2 Å². The minimum atomic E-state index is 0.294. The van der Waals surface area contributed by atoms with Crippen LogP contribution in [0.3, 0.4) is 0 Å². The van der Waals surface area contributed by atoms with Crippen LogP contribution >= 0.6 is 0 Å². The molecule has 0 fully saturated rings. The standard InChI is InChI=1S/C16H17NO/c1-10-7-14(17)4-5-15(10)12-3-6-16-13(9-12)8-11(2)18-16/h3-7,9,11H,8,17H2,1-2H3. The molecule has 1 unspecified atom stereocenters. The first kappa shape index (κ1) is 11.1. The van der Waals surface area contributed by atoms with Crippen molar-refractivity contribution in [3.05, 3.63) is 47.5 Å². The highest BCUT2D eigenvalue weighted by molar-refractivity contribution is 5.71. The minimum absolute atomic E-state index is 0.294. The summed E-state index contributed by atoms with van der Waals surface area (Å²) < 4.78 is 5.73. The molecular formula is C16H17NO. The number of nitrogens with two attached hydrogens (primary N) is 1. The molecule has 2 N–H and O–H groups in total. The van der Waals surface area contributed by atoms with Crippen LogP contribution in [0.15, 0.2) is 36.4 Å². The van der Waals surface area contributed by atoms with Crippen molar-refractivity contribution in [1.29, 1.82) is 0 Å². The summed E-state index contributed by atoms with van der Waals surface area (Å²) in [5, 5.41) is 0. The summed E-state index contributed by atoms with van der Waals surface area (Å²) >= 11 is 0. The number of aryl methyl sites for hydroxylation is 1. The van der Waals surface area contributed by atoms with Crippen LogP contribution in [0.1, 0.15) is 18.1 Å². The van der Waals surface area contributed by atoms with Gasteiger partial charge < -0.3 is 10.5 Å². The van der Waals surface area contributed by atoms with Gasteiger partial charge in [0.05, 0.1) is 0 Å². The first-order chi connectivity index (χ1) is 8.63. The van der Waals surface area contributed by atoms with Crippen molar-refractivity contribution in [2.24, 2.45) is 0 Å². The lowest BCUT2D eigenvalue weighted by Gasteiger charge is -2.08. The maximum Gasteiger partial charge on any atom is 0.123 e. The molecule has 18 heavy (non-hydrogen) atoms. The van der Waals surface area contributed by atoms with E-state index in [-0.39, 0.29) is 0 Å². The third kappa shape index (κ3) is 1.84. The number of rotatable bonds is 1. The van der Waals surface area contributed by atoms with Gasteiger partial charge >= 0.3 is 0 Å². The minimum Gasteiger partial charge on any atom is -0.490 e. The molecule has 0 aliphatic carbocycles. The van der Waals surface area contributed by atoms with E-state index < -0.39 is 0 Å². The number of nitrogen functional groups attached to an aromatic ring is 1. The summed E-state index contributed by atoms with van der Waals surface area (Å²) in [7, 11) is 0. The van der Waals surface area contributed by atoms with Gasteiger partial charge in [-0.05, 0) is 60.4 Å². The number of hydrogen-bond donors (Lipinski definition) is 1. The highest BCUT2D eigenvalue weighted by Crippen LogP contribution is 2.34. The summed E-state index contributed by atoms with van der Waals surface area (Å²) in [5.74, 6) is 1.03. The van der Waals surface area contributed by atoms with Gasteiger partial charge in [0.2, 0.25) is 0 Å². The Morgan fingerprint density at radius 3 is 2.78 bits per heavy atom. The second kappa shape index (κ2) is 4.05. The van der Waals surface area contributed by atoms with Crippen LogP contribution in [-0.4, -0.2) is 6.10 Å². The third-order valence-electron chi connectivity index (χ3n) is 3.46. The molecule has 0 radical (unpaired) electrons. The summed E-state index contributed by atoms with van der Waals surface area (Å²) in [6.45, 7) is 4.20. The predicted octanol–water partition coefficient (Wildman–Crippen LogP) is 3.57.